The Morgan fingerprint density at radius 1 is 0.512 bits per heavy atom. The lowest BCUT2D eigenvalue weighted by molar-refractivity contribution is 1.18. The van der Waals surface area contributed by atoms with Gasteiger partial charge in [0.15, 0.2) is 0 Å². The van der Waals surface area contributed by atoms with E-state index in [9.17, 15) is 10.5 Å². The molecule has 6 aromatic rings. The van der Waals surface area contributed by atoms with Crippen LogP contribution < -0.4 is 10.6 Å². The minimum absolute atomic E-state index is 0.635. The Morgan fingerprint density at radius 3 is 1.54 bits per heavy atom. The summed E-state index contributed by atoms with van der Waals surface area (Å²) in [5.74, 6) is 0. The van der Waals surface area contributed by atoms with Crippen molar-refractivity contribution in [1.82, 2.24) is 4.57 Å². The molecule has 7 rings (SSSR count). The van der Waals surface area contributed by atoms with E-state index in [1.54, 1.807) is 0 Å². The number of nitriles is 2. The maximum atomic E-state index is 10.6. The second-order valence-corrected chi connectivity index (χ2v) is 13.3. The van der Waals surface area contributed by atoms with Gasteiger partial charge in [0.05, 0.1) is 21.6 Å². The van der Waals surface area contributed by atoms with E-state index in [0.29, 0.717) is 10.6 Å². The van der Waals surface area contributed by atoms with Crippen LogP contribution in [0.4, 0.5) is 0 Å². The highest BCUT2D eigenvalue weighted by Crippen LogP contribution is 2.57. The van der Waals surface area contributed by atoms with Gasteiger partial charge in [0, 0.05) is 23.3 Å². The predicted molar refractivity (Wildman–Crippen MR) is 172 cm³/mol. The second kappa shape index (κ2) is 10.0. The molecule has 4 heteroatoms. The SMILES string of the molecule is N#CC1=CC(c2ccc(-n3c4ccccc4c4ccccc43)cc2)=CC(C#N)=P1(c1ccccc1)c1ccccc1. The summed E-state index contributed by atoms with van der Waals surface area (Å²) < 4.78 is 2.29. The fourth-order valence-corrected chi connectivity index (χ4v) is 9.93. The fourth-order valence-electron chi connectivity index (χ4n) is 6.05. The monoisotopic (exact) mass is 541 g/mol. The largest absolute Gasteiger partial charge is 0.309 e. The van der Waals surface area contributed by atoms with E-state index in [-0.39, 0.29) is 0 Å². The molecule has 0 atom stereocenters. The minimum atomic E-state index is -2.60. The first-order chi connectivity index (χ1) is 20.3. The number of para-hydroxylation sites is 2. The third kappa shape index (κ3) is 3.80. The van der Waals surface area contributed by atoms with Crippen LogP contribution in [-0.4, -0.2) is 9.86 Å². The molecule has 0 unspecified atom stereocenters. The first-order valence-corrected chi connectivity index (χ1v) is 15.3. The van der Waals surface area contributed by atoms with Crippen LogP contribution in [0.2, 0.25) is 0 Å². The molecule has 0 fully saturated rings. The lowest BCUT2D eigenvalue weighted by atomic mass is 10.0. The normalized spacial score (nSPS) is 14.2. The molecule has 5 aromatic carbocycles. The Bertz CT molecular complexity index is 2050. The number of fused-ring (bicyclic) bond motifs is 3. The van der Waals surface area contributed by atoms with E-state index >= 15 is 0 Å². The maximum Gasteiger partial charge on any atom is 0.100 e. The Hall–Kier alpha value is -5.34. The molecule has 41 heavy (non-hydrogen) atoms. The molecule has 0 bridgehead atoms. The smallest absolute Gasteiger partial charge is 0.100 e. The molecule has 2 heterocycles. The van der Waals surface area contributed by atoms with E-state index in [1.165, 1.54) is 10.8 Å². The Balaban J connectivity index is 1.41. The summed E-state index contributed by atoms with van der Waals surface area (Å²) in [5.41, 5.74) is 5.21. The van der Waals surface area contributed by atoms with Crippen LogP contribution in [0.15, 0.2) is 151 Å². The Labute approximate surface area is 239 Å². The van der Waals surface area contributed by atoms with Gasteiger partial charge in [-0.1, -0.05) is 109 Å². The van der Waals surface area contributed by atoms with E-state index < -0.39 is 6.89 Å². The van der Waals surface area contributed by atoms with Crippen LogP contribution in [0.5, 0.6) is 0 Å². The predicted octanol–water partition coefficient (Wildman–Crippen LogP) is 7.95. The van der Waals surface area contributed by atoms with Crippen LogP contribution >= 0.6 is 6.89 Å². The zero-order valence-electron chi connectivity index (χ0n) is 22.1. The maximum absolute atomic E-state index is 10.6. The molecule has 0 saturated carbocycles. The lowest BCUT2D eigenvalue weighted by Crippen LogP contribution is -2.24. The van der Waals surface area contributed by atoms with Gasteiger partial charge in [-0.2, -0.15) is 10.5 Å². The van der Waals surface area contributed by atoms with Crippen LogP contribution in [0.3, 0.4) is 0 Å². The van der Waals surface area contributed by atoms with E-state index in [1.807, 2.05) is 72.8 Å². The van der Waals surface area contributed by atoms with E-state index in [4.69, 9.17) is 0 Å². The third-order valence-electron chi connectivity index (χ3n) is 7.86. The van der Waals surface area contributed by atoms with Crippen molar-refractivity contribution in [2.75, 3.05) is 0 Å². The van der Waals surface area contributed by atoms with E-state index in [2.05, 4.69) is 89.5 Å². The highest BCUT2D eigenvalue weighted by Gasteiger charge is 2.34. The summed E-state index contributed by atoms with van der Waals surface area (Å²) in [7, 11) is 0. The molecule has 0 aliphatic carbocycles. The van der Waals surface area contributed by atoms with Gasteiger partial charge in [0.25, 0.3) is 0 Å². The van der Waals surface area contributed by atoms with Crippen molar-refractivity contribution in [2.45, 2.75) is 0 Å². The average Bonchev–Trinajstić information content (AvgIpc) is 3.39. The zero-order chi connectivity index (χ0) is 27.8. The molecular formula is C37H24N3P. The van der Waals surface area contributed by atoms with Crippen molar-refractivity contribution in [3.8, 4) is 17.8 Å². The Morgan fingerprint density at radius 2 is 1.02 bits per heavy atom. The molecule has 1 aromatic heterocycles. The summed E-state index contributed by atoms with van der Waals surface area (Å²) >= 11 is 0. The van der Waals surface area contributed by atoms with Gasteiger partial charge in [-0.3, -0.25) is 0 Å². The summed E-state index contributed by atoms with van der Waals surface area (Å²) in [6.45, 7) is -2.60. The van der Waals surface area contributed by atoms with Gasteiger partial charge >= 0.3 is 0 Å². The van der Waals surface area contributed by atoms with Gasteiger partial charge in [-0.05, 0) is 58.2 Å². The van der Waals surface area contributed by atoms with Crippen LogP contribution in [0.25, 0.3) is 33.1 Å². The molecule has 3 nitrogen and oxygen atoms in total. The van der Waals surface area contributed by atoms with Crippen molar-refractivity contribution < 1.29 is 0 Å². The molecular weight excluding hydrogens is 517 g/mol. The highest BCUT2D eigenvalue weighted by atomic mass is 31.2. The molecule has 0 radical (unpaired) electrons. The molecule has 1 aliphatic rings. The summed E-state index contributed by atoms with van der Waals surface area (Å²) in [6, 6.07) is 50.4. The summed E-state index contributed by atoms with van der Waals surface area (Å²) in [5, 5.41) is 26.8. The van der Waals surface area contributed by atoms with Gasteiger partial charge in [-0.15, -0.1) is 0 Å². The van der Waals surface area contributed by atoms with Gasteiger partial charge < -0.3 is 4.57 Å². The number of benzene rings is 5. The standard InChI is InChI=1S/C37H24N3P/c38-25-32-23-28(24-33(26-39)41(32,30-11-3-1-4-12-30)31-13-5-2-6-14-31)27-19-21-29(22-20-27)40-36-17-9-7-15-34(36)35-16-8-10-18-37(35)40/h1-24H. The van der Waals surface area contributed by atoms with Crippen LogP contribution in [0, 0.1) is 22.7 Å². The van der Waals surface area contributed by atoms with Crippen LogP contribution in [0.1, 0.15) is 5.56 Å². The number of hydrogen-bond donors (Lipinski definition) is 0. The van der Waals surface area contributed by atoms with Gasteiger partial charge in [0.1, 0.15) is 12.1 Å². The minimum Gasteiger partial charge on any atom is -0.309 e. The van der Waals surface area contributed by atoms with Crippen LogP contribution in [-0.2, 0) is 0 Å². The second-order valence-electron chi connectivity index (χ2n) is 10.00. The molecule has 0 saturated heterocycles. The number of allylic oxidation sites excluding steroid dienone is 4. The molecule has 0 amide bonds. The highest BCUT2D eigenvalue weighted by molar-refractivity contribution is 7.93. The van der Waals surface area contributed by atoms with Crippen molar-refractivity contribution in [3.63, 3.8) is 0 Å². The fraction of sp³-hybridized carbons (Fsp3) is 0. The first kappa shape index (κ1) is 24.7. The van der Waals surface area contributed by atoms with Crippen molar-refractivity contribution >= 4 is 50.2 Å². The molecule has 192 valence electrons. The first-order valence-electron chi connectivity index (χ1n) is 13.5. The molecule has 1 aliphatic heterocycles. The van der Waals surface area contributed by atoms with Crippen molar-refractivity contribution in [2.24, 2.45) is 0 Å². The average molecular weight is 542 g/mol. The number of aromatic nitrogens is 1. The van der Waals surface area contributed by atoms with Gasteiger partial charge in [0.2, 0.25) is 0 Å². The lowest BCUT2D eigenvalue weighted by Gasteiger charge is -2.31. The molecule has 0 N–H and O–H groups in total. The quantitative estimate of drug-likeness (QED) is 0.213. The molecule has 0 spiro atoms. The number of hydrogen-bond acceptors (Lipinski definition) is 2. The zero-order valence-corrected chi connectivity index (χ0v) is 23.0. The Kier molecular flexibility index (Phi) is 6.02. The summed E-state index contributed by atoms with van der Waals surface area (Å²) in [6.07, 6.45) is 3.98. The van der Waals surface area contributed by atoms with Crippen molar-refractivity contribution in [3.05, 3.63) is 156 Å². The van der Waals surface area contributed by atoms with Gasteiger partial charge in [-0.25, -0.2) is 0 Å². The third-order valence-corrected chi connectivity index (χ3v) is 11.9. The topological polar surface area (TPSA) is 52.5 Å². The summed E-state index contributed by atoms with van der Waals surface area (Å²) in [4.78, 5) is 0. The number of nitrogens with zero attached hydrogens (tertiary/aromatic N) is 3. The van der Waals surface area contributed by atoms with E-state index in [0.717, 1.165) is 38.5 Å². The number of rotatable bonds is 4. The van der Waals surface area contributed by atoms with Crippen molar-refractivity contribution in [1.29, 1.82) is 10.5 Å².